The van der Waals surface area contributed by atoms with E-state index in [9.17, 15) is 9.90 Å². The number of carbonyl (C=O) groups excluding carboxylic acids is 1. The molecule has 9 heteroatoms. The van der Waals surface area contributed by atoms with Crippen LogP contribution >= 0.6 is 23.4 Å². The van der Waals surface area contributed by atoms with E-state index in [0.29, 0.717) is 5.92 Å². The summed E-state index contributed by atoms with van der Waals surface area (Å²) in [6.07, 6.45) is 2.60. The molecule has 3 rings (SSSR count). The van der Waals surface area contributed by atoms with E-state index in [1.165, 1.54) is 11.8 Å². The molecule has 0 aromatic rings. The summed E-state index contributed by atoms with van der Waals surface area (Å²) in [7, 11) is 2.00. The van der Waals surface area contributed by atoms with Gasteiger partial charge in [0.1, 0.15) is 29.9 Å². The van der Waals surface area contributed by atoms with Crippen LogP contribution in [0.1, 0.15) is 47.0 Å². The second kappa shape index (κ2) is 9.81. The lowest BCUT2D eigenvalue weighted by Gasteiger charge is -2.43. The molecule has 0 radical (unpaired) electrons. The zero-order valence-corrected chi connectivity index (χ0v) is 20.4. The standard InChI is InChI=1S/C21H37ClN2O5S/c1-7-8-12-9-13(24(5)10-12)19(26)23-14(11(2)22)16-18-17(28-21(3,4)29-18)15(25)20(27-16)30-6/h11-18,20,25H,7-10H2,1-6H3,(H,23,26)/t11?,12-,13+,14?,15-,16-,17-,18+,20-/m1/s1. The number of aliphatic hydroxyl groups is 1. The highest BCUT2D eigenvalue weighted by atomic mass is 35.5. The first-order valence-electron chi connectivity index (χ1n) is 10.9. The number of likely N-dealkylation sites (N-methyl/N-ethyl adjacent to an activating group) is 1. The van der Waals surface area contributed by atoms with Crippen molar-refractivity contribution < 1.29 is 24.1 Å². The van der Waals surface area contributed by atoms with Crippen LogP contribution in [-0.2, 0) is 19.0 Å². The number of hydrogen-bond acceptors (Lipinski definition) is 7. The lowest BCUT2D eigenvalue weighted by Crippen LogP contribution is -2.64. The lowest BCUT2D eigenvalue weighted by atomic mass is 9.92. The molecular weight excluding hydrogens is 428 g/mol. The second-order valence-corrected chi connectivity index (χ2v) is 10.9. The van der Waals surface area contributed by atoms with E-state index < -0.39 is 41.7 Å². The van der Waals surface area contributed by atoms with Gasteiger partial charge in [-0.05, 0) is 52.8 Å². The van der Waals surface area contributed by atoms with Gasteiger partial charge in [-0.1, -0.05) is 13.3 Å². The molecule has 2 N–H and O–H groups in total. The van der Waals surface area contributed by atoms with Gasteiger partial charge >= 0.3 is 0 Å². The number of aliphatic hydroxyl groups excluding tert-OH is 1. The molecule has 0 aromatic carbocycles. The lowest BCUT2D eigenvalue weighted by molar-refractivity contribution is -0.168. The summed E-state index contributed by atoms with van der Waals surface area (Å²) in [6.45, 7) is 8.61. The van der Waals surface area contributed by atoms with E-state index in [-0.39, 0.29) is 17.3 Å². The average molecular weight is 465 g/mol. The van der Waals surface area contributed by atoms with Gasteiger partial charge < -0.3 is 24.6 Å². The molecular formula is C21H37ClN2O5S. The normalized spacial score (nSPS) is 40.7. The average Bonchev–Trinajstić information content (AvgIpc) is 3.19. The Kier molecular flexibility index (Phi) is 8.03. The minimum atomic E-state index is -0.839. The van der Waals surface area contributed by atoms with Crippen LogP contribution in [0.5, 0.6) is 0 Å². The van der Waals surface area contributed by atoms with Crippen LogP contribution in [0, 0.1) is 5.92 Å². The van der Waals surface area contributed by atoms with E-state index in [1.807, 2.05) is 34.1 Å². The maximum atomic E-state index is 13.2. The van der Waals surface area contributed by atoms with Gasteiger partial charge in [-0.3, -0.25) is 9.69 Å². The van der Waals surface area contributed by atoms with Gasteiger partial charge in [0.05, 0.1) is 17.5 Å². The maximum absolute atomic E-state index is 13.2. The van der Waals surface area contributed by atoms with E-state index >= 15 is 0 Å². The number of nitrogens with one attached hydrogen (secondary N) is 1. The van der Waals surface area contributed by atoms with Crippen LogP contribution in [0.15, 0.2) is 0 Å². The maximum Gasteiger partial charge on any atom is 0.237 e. The Hall–Kier alpha value is -0.0900. The summed E-state index contributed by atoms with van der Waals surface area (Å²) < 4.78 is 18.3. The smallest absolute Gasteiger partial charge is 0.237 e. The van der Waals surface area contributed by atoms with Crippen LogP contribution in [0.3, 0.4) is 0 Å². The number of thioether (sulfide) groups is 1. The monoisotopic (exact) mass is 464 g/mol. The number of ether oxygens (including phenoxy) is 3. The van der Waals surface area contributed by atoms with Crippen molar-refractivity contribution in [1.82, 2.24) is 10.2 Å². The molecule has 0 spiro atoms. The molecule has 3 saturated heterocycles. The van der Waals surface area contributed by atoms with E-state index in [2.05, 4.69) is 17.1 Å². The van der Waals surface area contributed by atoms with Gasteiger partial charge in [0.15, 0.2) is 5.79 Å². The van der Waals surface area contributed by atoms with Crippen LogP contribution in [0.2, 0.25) is 0 Å². The molecule has 2 unspecified atom stereocenters. The number of alkyl halides is 1. The number of carbonyl (C=O) groups is 1. The molecule has 7 nitrogen and oxygen atoms in total. The van der Waals surface area contributed by atoms with Crippen molar-refractivity contribution in [2.24, 2.45) is 5.92 Å². The quantitative estimate of drug-likeness (QED) is 0.559. The number of halogens is 1. The third kappa shape index (κ3) is 5.11. The Labute approximate surface area is 189 Å². The summed E-state index contributed by atoms with van der Waals surface area (Å²) in [6, 6.07) is -0.636. The van der Waals surface area contributed by atoms with Crippen molar-refractivity contribution in [3.8, 4) is 0 Å². The highest BCUT2D eigenvalue weighted by Gasteiger charge is 2.57. The molecule has 3 aliphatic heterocycles. The molecule has 3 aliphatic rings. The second-order valence-electron chi connectivity index (χ2n) is 9.32. The van der Waals surface area contributed by atoms with Crippen molar-refractivity contribution in [3.05, 3.63) is 0 Å². The van der Waals surface area contributed by atoms with Crippen molar-refractivity contribution >= 4 is 29.3 Å². The topological polar surface area (TPSA) is 80.3 Å². The van der Waals surface area contributed by atoms with Crippen molar-refractivity contribution in [2.75, 3.05) is 19.8 Å². The van der Waals surface area contributed by atoms with Crippen LogP contribution in [-0.4, -0.2) is 88.9 Å². The Morgan fingerprint density at radius 1 is 1.37 bits per heavy atom. The van der Waals surface area contributed by atoms with Gasteiger partial charge in [0.2, 0.25) is 5.91 Å². The molecule has 30 heavy (non-hydrogen) atoms. The van der Waals surface area contributed by atoms with E-state index in [1.54, 1.807) is 0 Å². The van der Waals surface area contributed by atoms with Crippen LogP contribution in [0.25, 0.3) is 0 Å². The number of rotatable bonds is 7. The fraction of sp³-hybridized carbons (Fsp3) is 0.952. The van der Waals surface area contributed by atoms with Crippen molar-refractivity contribution in [3.63, 3.8) is 0 Å². The molecule has 0 bridgehead atoms. The summed E-state index contributed by atoms with van der Waals surface area (Å²) in [5.41, 5.74) is -0.480. The molecule has 3 fully saturated rings. The number of fused-ring (bicyclic) bond motifs is 1. The predicted molar refractivity (Wildman–Crippen MR) is 119 cm³/mol. The minimum absolute atomic E-state index is 0.0289. The van der Waals surface area contributed by atoms with Gasteiger partial charge in [-0.15, -0.1) is 23.4 Å². The Morgan fingerprint density at radius 3 is 2.63 bits per heavy atom. The largest absolute Gasteiger partial charge is 0.387 e. The van der Waals surface area contributed by atoms with Gasteiger partial charge in [-0.25, -0.2) is 0 Å². The first-order valence-corrected chi connectivity index (χ1v) is 12.7. The SMILES string of the molecule is CCC[C@@H]1C[C@@H](C(=O)NC(C(C)Cl)[C@H]2O[C@H](SC)[C@H](O)[C@H]3OC(C)(C)O[C@H]32)N(C)C1. The van der Waals surface area contributed by atoms with Crippen molar-refractivity contribution in [2.45, 2.75) is 100 Å². The zero-order chi connectivity index (χ0) is 22.2. The predicted octanol–water partition coefficient (Wildman–Crippen LogP) is 2.19. The summed E-state index contributed by atoms with van der Waals surface area (Å²) in [5, 5.41) is 13.5. The van der Waals surface area contributed by atoms with E-state index in [4.69, 9.17) is 25.8 Å². The summed E-state index contributed by atoms with van der Waals surface area (Å²) in [5.74, 6) is -0.325. The molecule has 9 atom stereocenters. The summed E-state index contributed by atoms with van der Waals surface area (Å²) >= 11 is 7.97. The third-order valence-corrected chi connectivity index (χ3v) is 7.54. The van der Waals surface area contributed by atoms with Gasteiger partial charge in [-0.2, -0.15) is 0 Å². The van der Waals surface area contributed by atoms with Gasteiger partial charge in [0.25, 0.3) is 0 Å². The van der Waals surface area contributed by atoms with Gasteiger partial charge in [0, 0.05) is 6.54 Å². The zero-order valence-electron chi connectivity index (χ0n) is 18.8. The Bertz CT molecular complexity index is 610. The number of likely N-dealkylation sites (tertiary alicyclic amines) is 1. The summed E-state index contributed by atoms with van der Waals surface area (Å²) in [4.78, 5) is 15.3. The first kappa shape index (κ1) is 24.6. The molecule has 0 saturated carbocycles. The molecule has 0 aliphatic carbocycles. The molecule has 174 valence electrons. The Balaban J connectivity index is 1.77. The highest BCUT2D eigenvalue weighted by Crippen LogP contribution is 2.41. The van der Waals surface area contributed by atoms with Crippen molar-refractivity contribution in [1.29, 1.82) is 0 Å². The molecule has 0 aromatic heterocycles. The van der Waals surface area contributed by atoms with Crippen LogP contribution in [0.4, 0.5) is 0 Å². The molecule has 3 heterocycles. The Morgan fingerprint density at radius 2 is 2.03 bits per heavy atom. The minimum Gasteiger partial charge on any atom is -0.387 e. The number of hydrogen-bond donors (Lipinski definition) is 2. The fourth-order valence-electron chi connectivity index (χ4n) is 5.04. The third-order valence-electron chi connectivity index (χ3n) is 6.42. The number of nitrogens with zero attached hydrogens (tertiary/aromatic N) is 1. The highest BCUT2D eigenvalue weighted by molar-refractivity contribution is 7.99. The van der Waals surface area contributed by atoms with E-state index in [0.717, 1.165) is 25.8 Å². The van der Waals surface area contributed by atoms with Crippen LogP contribution < -0.4 is 5.32 Å². The first-order chi connectivity index (χ1) is 14.1. The molecule has 1 amide bonds. The fourth-order valence-corrected chi connectivity index (χ4v) is 5.91. The number of amides is 1.